The Kier molecular flexibility index (Phi) is 5.90. The molecule has 0 heterocycles. The van der Waals surface area contributed by atoms with E-state index >= 15 is 4.39 Å². The van der Waals surface area contributed by atoms with Gasteiger partial charge in [-0.05, 0) is 61.6 Å². The number of fused-ring (bicyclic) bond motifs is 1. The summed E-state index contributed by atoms with van der Waals surface area (Å²) >= 11 is 0. The molecule has 0 aliphatic heterocycles. The summed E-state index contributed by atoms with van der Waals surface area (Å²) in [5.41, 5.74) is 0.495. The molecule has 2 aliphatic carbocycles. The second-order valence-corrected chi connectivity index (χ2v) is 8.25. The highest BCUT2D eigenvalue weighted by molar-refractivity contribution is 5.74. The van der Waals surface area contributed by atoms with Crippen LogP contribution >= 0.6 is 0 Å². The van der Waals surface area contributed by atoms with E-state index in [2.05, 4.69) is 6.92 Å². The highest BCUT2D eigenvalue weighted by atomic mass is 19.2. The highest BCUT2D eigenvalue weighted by Crippen LogP contribution is 2.52. The van der Waals surface area contributed by atoms with E-state index in [-0.39, 0.29) is 35.0 Å². The molecule has 0 radical (unpaired) electrons. The van der Waals surface area contributed by atoms with Crippen LogP contribution in [0.4, 0.5) is 17.6 Å². The van der Waals surface area contributed by atoms with Crippen molar-refractivity contribution in [3.8, 4) is 16.9 Å². The summed E-state index contributed by atoms with van der Waals surface area (Å²) in [6, 6.07) is 5.30. The van der Waals surface area contributed by atoms with E-state index in [0.29, 0.717) is 11.8 Å². The van der Waals surface area contributed by atoms with Crippen molar-refractivity contribution in [1.82, 2.24) is 0 Å². The molecular formula is C25H26F4O. The quantitative estimate of drug-likeness (QED) is 0.440. The molecule has 160 valence electrons. The lowest BCUT2D eigenvalue weighted by molar-refractivity contribution is 0.314. The first-order valence-corrected chi connectivity index (χ1v) is 10.8. The van der Waals surface area contributed by atoms with Crippen LogP contribution in [-0.4, -0.2) is 6.61 Å². The van der Waals surface area contributed by atoms with E-state index in [1.165, 1.54) is 30.7 Å². The number of hydrogen-bond donors (Lipinski definition) is 0. The van der Waals surface area contributed by atoms with Gasteiger partial charge in [0.1, 0.15) is 0 Å². The second kappa shape index (κ2) is 8.44. The standard InChI is InChI=1S/C25H26F4O/c1-3-5-14-6-7-16-15(14)8-9-17(16)18-10-11-19(23(27)22(18)26)20-12-13-21(30-4-2)25(29)24(20)28/h9-16H,3-8H2,1-2H3. The van der Waals surface area contributed by atoms with E-state index < -0.39 is 23.3 Å². The minimum Gasteiger partial charge on any atom is -0.491 e. The zero-order chi connectivity index (χ0) is 21.4. The van der Waals surface area contributed by atoms with Crippen LogP contribution in [0.2, 0.25) is 0 Å². The predicted octanol–water partition coefficient (Wildman–Crippen LogP) is 7.54. The van der Waals surface area contributed by atoms with Crippen LogP contribution in [0.3, 0.4) is 0 Å². The van der Waals surface area contributed by atoms with Gasteiger partial charge in [0.05, 0.1) is 6.61 Å². The fraction of sp³-hybridized carbons (Fsp3) is 0.440. The highest BCUT2D eigenvalue weighted by Gasteiger charge is 2.41. The van der Waals surface area contributed by atoms with Crippen molar-refractivity contribution >= 4 is 5.57 Å². The SMILES string of the molecule is CCCC1CCC2C(c3ccc(-c4ccc(OCC)c(F)c4F)c(F)c3F)=CCC12. The van der Waals surface area contributed by atoms with Gasteiger partial charge in [-0.1, -0.05) is 38.0 Å². The fourth-order valence-electron chi connectivity index (χ4n) is 5.33. The summed E-state index contributed by atoms with van der Waals surface area (Å²) in [6.07, 6.45) is 7.34. The molecule has 2 aromatic rings. The van der Waals surface area contributed by atoms with Crippen LogP contribution in [-0.2, 0) is 0 Å². The Hall–Kier alpha value is -2.30. The van der Waals surface area contributed by atoms with Crippen molar-refractivity contribution < 1.29 is 22.3 Å². The molecule has 1 saturated carbocycles. The molecule has 2 aliphatic rings. The molecular weight excluding hydrogens is 392 g/mol. The maximum absolute atomic E-state index is 15.1. The summed E-state index contributed by atoms with van der Waals surface area (Å²) in [5.74, 6) is -3.45. The minimum atomic E-state index is -1.25. The summed E-state index contributed by atoms with van der Waals surface area (Å²) in [5, 5.41) is 0. The van der Waals surface area contributed by atoms with Gasteiger partial charge in [-0.15, -0.1) is 0 Å². The average molecular weight is 418 g/mol. The van der Waals surface area contributed by atoms with Crippen molar-refractivity contribution in [2.75, 3.05) is 6.61 Å². The van der Waals surface area contributed by atoms with Crippen molar-refractivity contribution in [1.29, 1.82) is 0 Å². The fourth-order valence-corrected chi connectivity index (χ4v) is 5.33. The molecule has 30 heavy (non-hydrogen) atoms. The summed E-state index contributed by atoms with van der Waals surface area (Å²) in [4.78, 5) is 0. The number of halogens is 4. The monoisotopic (exact) mass is 418 g/mol. The molecule has 1 nitrogen and oxygen atoms in total. The summed E-state index contributed by atoms with van der Waals surface area (Å²) in [6.45, 7) is 3.99. The van der Waals surface area contributed by atoms with E-state index in [4.69, 9.17) is 4.74 Å². The van der Waals surface area contributed by atoms with Gasteiger partial charge in [-0.25, -0.2) is 13.2 Å². The van der Waals surface area contributed by atoms with Crippen LogP contribution in [0.1, 0.15) is 51.5 Å². The van der Waals surface area contributed by atoms with E-state index in [0.717, 1.165) is 31.3 Å². The van der Waals surface area contributed by atoms with Crippen molar-refractivity contribution in [2.45, 2.75) is 46.0 Å². The Balaban J connectivity index is 1.67. The number of rotatable bonds is 6. The minimum absolute atomic E-state index is 0.170. The van der Waals surface area contributed by atoms with Crippen molar-refractivity contribution in [3.05, 3.63) is 59.2 Å². The van der Waals surface area contributed by atoms with Crippen LogP contribution in [0.15, 0.2) is 30.3 Å². The third-order valence-electron chi connectivity index (χ3n) is 6.67. The molecule has 2 aromatic carbocycles. The molecule has 0 aromatic heterocycles. The second-order valence-electron chi connectivity index (χ2n) is 8.25. The normalized spacial score (nSPS) is 22.9. The Morgan fingerprint density at radius 3 is 2.17 bits per heavy atom. The zero-order valence-corrected chi connectivity index (χ0v) is 17.3. The molecule has 3 unspecified atom stereocenters. The first-order valence-electron chi connectivity index (χ1n) is 10.8. The Morgan fingerprint density at radius 1 is 0.833 bits per heavy atom. The first-order chi connectivity index (χ1) is 14.5. The number of allylic oxidation sites excluding steroid dienone is 2. The average Bonchev–Trinajstić information content (AvgIpc) is 3.32. The Morgan fingerprint density at radius 2 is 1.47 bits per heavy atom. The van der Waals surface area contributed by atoms with Gasteiger partial charge in [-0.3, -0.25) is 0 Å². The molecule has 5 heteroatoms. The molecule has 4 rings (SSSR count). The van der Waals surface area contributed by atoms with Gasteiger partial charge in [0.2, 0.25) is 5.82 Å². The third kappa shape index (κ3) is 3.42. The maximum Gasteiger partial charge on any atom is 0.201 e. The predicted molar refractivity (Wildman–Crippen MR) is 110 cm³/mol. The maximum atomic E-state index is 15.1. The van der Waals surface area contributed by atoms with E-state index in [1.807, 2.05) is 6.08 Å². The molecule has 0 saturated heterocycles. The zero-order valence-electron chi connectivity index (χ0n) is 17.3. The molecule has 0 amide bonds. The van der Waals surface area contributed by atoms with Crippen molar-refractivity contribution in [3.63, 3.8) is 0 Å². The lowest BCUT2D eigenvalue weighted by atomic mass is 9.85. The Bertz CT molecular complexity index is 982. The molecule has 1 fully saturated rings. The topological polar surface area (TPSA) is 9.23 Å². The molecule has 3 atom stereocenters. The Labute approximate surface area is 174 Å². The van der Waals surface area contributed by atoms with Crippen LogP contribution in [0.5, 0.6) is 5.75 Å². The van der Waals surface area contributed by atoms with Gasteiger partial charge in [0.25, 0.3) is 0 Å². The molecule has 0 bridgehead atoms. The summed E-state index contributed by atoms with van der Waals surface area (Å²) < 4.78 is 63.8. The number of ether oxygens (including phenoxy) is 1. The van der Waals surface area contributed by atoms with Gasteiger partial charge in [0, 0.05) is 16.7 Å². The van der Waals surface area contributed by atoms with Crippen LogP contribution in [0.25, 0.3) is 16.7 Å². The summed E-state index contributed by atoms with van der Waals surface area (Å²) in [7, 11) is 0. The van der Waals surface area contributed by atoms with Gasteiger partial charge >= 0.3 is 0 Å². The van der Waals surface area contributed by atoms with Crippen LogP contribution in [0, 0.1) is 41.0 Å². The smallest absolute Gasteiger partial charge is 0.201 e. The third-order valence-corrected chi connectivity index (χ3v) is 6.67. The number of hydrogen-bond acceptors (Lipinski definition) is 1. The molecule has 0 spiro atoms. The molecule has 0 N–H and O–H groups in total. The van der Waals surface area contributed by atoms with E-state index in [1.54, 1.807) is 6.92 Å². The van der Waals surface area contributed by atoms with Crippen LogP contribution < -0.4 is 4.74 Å². The lowest BCUT2D eigenvalue weighted by Crippen LogP contribution is -2.11. The van der Waals surface area contributed by atoms with Gasteiger partial charge < -0.3 is 4.74 Å². The largest absolute Gasteiger partial charge is 0.491 e. The number of benzene rings is 2. The van der Waals surface area contributed by atoms with E-state index in [9.17, 15) is 13.2 Å². The van der Waals surface area contributed by atoms with Gasteiger partial charge in [0.15, 0.2) is 23.2 Å². The van der Waals surface area contributed by atoms with Gasteiger partial charge in [-0.2, -0.15) is 4.39 Å². The lowest BCUT2D eigenvalue weighted by Gasteiger charge is -2.20. The first kappa shape index (κ1) is 21.0. The van der Waals surface area contributed by atoms with Crippen molar-refractivity contribution in [2.24, 2.45) is 17.8 Å².